The van der Waals surface area contributed by atoms with E-state index in [4.69, 9.17) is 4.74 Å². The number of carbonyl (C=O) groups is 2. The Morgan fingerprint density at radius 2 is 1.96 bits per heavy atom. The third kappa shape index (κ3) is 4.21. The van der Waals surface area contributed by atoms with Crippen LogP contribution < -0.4 is 14.8 Å². The van der Waals surface area contributed by atoms with Gasteiger partial charge in [0.2, 0.25) is 0 Å². The van der Waals surface area contributed by atoms with E-state index in [0.717, 1.165) is 0 Å². The van der Waals surface area contributed by atoms with Gasteiger partial charge in [0.05, 0.1) is 5.56 Å². The summed E-state index contributed by atoms with van der Waals surface area (Å²) in [5.41, 5.74) is 0.359. The van der Waals surface area contributed by atoms with Gasteiger partial charge in [0.15, 0.2) is 18.1 Å². The molecular formula is C15H9BrF2N2O5. The molecule has 0 saturated carbocycles. The number of nitrogens with one attached hydrogen (secondary N) is 1. The van der Waals surface area contributed by atoms with Gasteiger partial charge in [0.25, 0.3) is 5.91 Å². The molecule has 0 saturated heterocycles. The van der Waals surface area contributed by atoms with E-state index in [0.29, 0.717) is 4.47 Å². The standard InChI is InChI=1S/C15H9BrF2N2O5/c16-9-3-8(5-19-6-9)14(22)23-7-13(21)20-10-1-2-11-12(4-10)25-15(17,18)24-11/h1-6H,7H2,(H,20,21). The monoisotopic (exact) mass is 414 g/mol. The lowest BCUT2D eigenvalue weighted by Crippen LogP contribution is -2.25. The molecule has 1 aliphatic rings. The first kappa shape index (κ1) is 17.1. The van der Waals surface area contributed by atoms with E-state index in [2.05, 4.69) is 35.7 Å². The zero-order valence-electron chi connectivity index (χ0n) is 12.3. The van der Waals surface area contributed by atoms with E-state index < -0.39 is 24.8 Å². The van der Waals surface area contributed by atoms with Crippen molar-refractivity contribution >= 4 is 33.5 Å². The molecule has 2 heterocycles. The molecule has 1 N–H and O–H groups in total. The van der Waals surface area contributed by atoms with Crippen LogP contribution in [0.15, 0.2) is 41.1 Å². The zero-order chi connectivity index (χ0) is 18.0. The Labute approximate surface area is 148 Å². The van der Waals surface area contributed by atoms with Gasteiger partial charge in [-0.3, -0.25) is 9.78 Å². The number of alkyl halides is 2. The van der Waals surface area contributed by atoms with Crippen molar-refractivity contribution in [3.63, 3.8) is 0 Å². The number of carbonyl (C=O) groups excluding carboxylic acids is 2. The van der Waals surface area contributed by atoms with E-state index in [-0.39, 0.29) is 22.7 Å². The highest BCUT2D eigenvalue weighted by Crippen LogP contribution is 2.42. The second kappa shape index (κ2) is 6.63. The molecule has 2 aromatic rings. The van der Waals surface area contributed by atoms with Gasteiger partial charge in [-0.05, 0) is 34.1 Å². The molecule has 7 nitrogen and oxygen atoms in total. The lowest BCUT2D eigenvalue weighted by atomic mass is 10.3. The normalized spacial score (nSPS) is 14.0. The summed E-state index contributed by atoms with van der Waals surface area (Å²) in [5.74, 6) is -1.73. The second-order valence-electron chi connectivity index (χ2n) is 4.85. The Morgan fingerprint density at radius 1 is 1.20 bits per heavy atom. The number of nitrogens with zero attached hydrogens (tertiary/aromatic N) is 1. The molecule has 130 valence electrons. The molecule has 1 aromatic heterocycles. The third-order valence-electron chi connectivity index (χ3n) is 2.96. The van der Waals surface area contributed by atoms with Crippen molar-refractivity contribution in [3.05, 3.63) is 46.7 Å². The highest BCUT2D eigenvalue weighted by Gasteiger charge is 2.43. The molecule has 0 spiro atoms. The minimum atomic E-state index is -3.74. The molecule has 1 amide bonds. The van der Waals surface area contributed by atoms with Gasteiger partial charge in [-0.2, -0.15) is 0 Å². The molecule has 3 rings (SSSR count). The van der Waals surface area contributed by atoms with E-state index in [9.17, 15) is 18.4 Å². The smallest absolute Gasteiger partial charge is 0.452 e. The number of ether oxygens (including phenoxy) is 3. The summed E-state index contributed by atoms with van der Waals surface area (Å²) in [5, 5.41) is 2.40. The Hall–Kier alpha value is -2.75. The predicted molar refractivity (Wildman–Crippen MR) is 83.5 cm³/mol. The fourth-order valence-electron chi connectivity index (χ4n) is 1.96. The van der Waals surface area contributed by atoms with Crippen molar-refractivity contribution in [2.45, 2.75) is 6.29 Å². The van der Waals surface area contributed by atoms with E-state index >= 15 is 0 Å². The number of benzene rings is 1. The fraction of sp³-hybridized carbons (Fsp3) is 0.133. The number of halogens is 3. The van der Waals surface area contributed by atoms with Gasteiger partial charge in [-0.25, -0.2) is 4.79 Å². The van der Waals surface area contributed by atoms with Crippen LogP contribution in [0.5, 0.6) is 11.5 Å². The number of esters is 1. The van der Waals surface area contributed by atoms with Gasteiger partial charge in [0, 0.05) is 28.6 Å². The maximum atomic E-state index is 12.9. The summed E-state index contributed by atoms with van der Waals surface area (Å²) in [7, 11) is 0. The number of aromatic nitrogens is 1. The SMILES string of the molecule is O=C(COC(=O)c1cncc(Br)c1)Nc1ccc2c(c1)OC(F)(F)O2. The zero-order valence-corrected chi connectivity index (χ0v) is 13.9. The lowest BCUT2D eigenvalue weighted by molar-refractivity contribution is -0.286. The van der Waals surface area contributed by atoms with Crippen LogP contribution >= 0.6 is 15.9 Å². The molecule has 0 atom stereocenters. The molecular weight excluding hydrogens is 406 g/mol. The molecule has 0 unspecified atom stereocenters. The predicted octanol–water partition coefficient (Wildman–Crippen LogP) is 2.96. The second-order valence-corrected chi connectivity index (χ2v) is 5.76. The Balaban J connectivity index is 1.56. The highest BCUT2D eigenvalue weighted by molar-refractivity contribution is 9.10. The molecule has 0 radical (unpaired) electrons. The first-order valence-corrected chi connectivity index (χ1v) is 7.59. The minimum Gasteiger partial charge on any atom is -0.452 e. The number of fused-ring (bicyclic) bond motifs is 1. The van der Waals surface area contributed by atoms with Gasteiger partial charge in [0.1, 0.15) is 0 Å². The van der Waals surface area contributed by atoms with Gasteiger partial charge >= 0.3 is 12.3 Å². The Morgan fingerprint density at radius 3 is 2.72 bits per heavy atom. The summed E-state index contributed by atoms with van der Waals surface area (Å²) < 4.78 is 39.8. The Kier molecular flexibility index (Phi) is 4.53. The maximum Gasteiger partial charge on any atom is 0.586 e. The first-order chi connectivity index (χ1) is 11.8. The third-order valence-corrected chi connectivity index (χ3v) is 3.39. The first-order valence-electron chi connectivity index (χ1n) is 6.80. The molecule has 0 aliphatic carbocycles. The van der Waals surface area contributed by atoms with Crippen molar-refractivity contribution in [2.75, 3.05) is 11.9 Å². The largest absolute Gasteiger partial charge is 0.586 e. The summed E-state index contributed by atoms with van der Waals surface area (Å²) in [4.78, 5) is 27.4. The van der Waals surface area contributed by atoms with E-state index in [1.165, 1.54) is 36.7 Å². The number of hydrogen-bond acceptors (Lipinski definition) is 6. The van der Waals surface area contributed by atoms with Crippen LogP contribution in [0.25, 0.3) is 0 Å². The van der Waals surface area contributed by atoms with Crippen molar-refractivity contribution in [2.24, 2.45) is 0 Å². The number of rotatable bonds is 4. The molecule has 0 fully saturated rings. The topological polar surface area (TPSA) is 86.8 Å². The summed E-state index contributed by atoms with van der Waals surface area (Å²) in [6, 6.07) is 5.24. The van der Waals surface area contributed by atoms with Crippen molar-refractivity contribution in [3.8, 4) is 11.5 Å². The fourth-order valence-corrected chi connectivity index (χ4v) is 2.33. The highest BCUT2D eigenvalue weighted by atomic mass is 79.9. The van der Waals surface area contributed by atoms with Crippen molar-refractivity contribution in [1.29, 1.82) is 0 Å². The van der Waals surface area contributed by atoms with E-state index in [1.54, 1.807) is 0 Å². The van der Waals surface area contributed by atoms with Crippen LogP contribution in [0.4, 0.5) is 14.5 Å². The quantitative estimate of drug-likeness (QED) is 0.773. The van der Waals surface area contributed by atoms with Gasteiger partial charge < -0.3 is 19.5 Å². The molecule has 1 aliphatic heterocycles. The van der Waals surface area contributed by atoms with Crippen LogP contribution in [0.2, 0.25) is 0 Å². The van der Waals surface area contributed by atoms with Gasteiger partial charge in [-0.15, -0.1) is 8.78 Å². The average Bonchev–Trinajstić information content (AvgIpc) is 2.85. The number of hydrogen-bond donors (Lipinski definition) is 1. The molecule has 0 bridgehead atoms. The summed E-state index contributed by atoms with van der Waals surface area (Å²) >= 11 is 3.16. The molecule has 25 heavy (non-hydrogen) atoms. The lowest BCUT2D eigenvalue weighted by Gasteiger charge is -2.07. The Bertz CT molecular complexity index is 846. The van der Waals surface area contributed by atoms with Crippen LogP contribution in [0.1, 0.15) is 10.4 Å². The minimum absolute atomic E-state index is 0.142. The molecule has 10 heteroatoms. The summed E-state index contributed by atoms with van der Waals surface area (Å²) in [6.45, 7) is -0.560. The van der Waals surface area contributed by atoms with Gasteiger partial charge in [-0.1, -0.05) is 0 Å². The van der Waals surface area contributed by atoms with Crippen LogP contribution in [-0.2, 0) is 9.53 Å². The van der Waals surface area contributed by atoms with Crippen LogP contribution in [-0.4, -0.2) is 29.8 Å². The van der Waals surface area contributed by atoms with Crippen LogP contribution in [0, 0.1) is 0 Å². The number of pyridine rings is 1. The number of anilines is 1. The van der Waals surface area contributed by atoms with Crippen molar-refractivity contribution in [1.82, 2.24) is 4.98 Å². The average molecular weight is 415 g/mol. The number of amides is 1. The molecule has 1 aromatic carbocycles. The van der Waals surface area contributed by atoms with Crippen LogP contribution in [0.3, 0.4) is 0 Å². The maximum absolute atomic E-state index is 12.9. The van der Waals surface area contributed by atoms with E-state index in [1.807, 2.05) is 0 Å². The van der Waals surface area contributed by atoms with Crippen molar-refractivity contribution < 1.29 is 32.6 Å². The summed E-state index contributed by atoms with van der Waals surface area (Å²) in [6.07, 6.45) is -0.950.